The molecule has 2 amide bonds. The van der Waals surface area contributed by atoms with Gasteiger partial charge in [0.2, 0.25) is 5.91 Å². The summed E-state index contributed by atoms with van der Waals surface area (Å²) < 4.78 is 39.3. The van der Waals surface area contributed by atoms with E-state index in [1.165, 1.54) is 0 Å². The number of alkyl halides is 3. The minimum atomic E-state index is -4.29. The largest absolute Gasteiger partial charge is 0.396 e. The molecule has 7 nitrogen and oxygen atoms in total. The predicted octanol–water partition coefficient (Wildman–Crippen LogP) is 6.81. The molecule has 0 atom stereocenters. The maximum atomic E-state index is 14.1. The summed E-state index contributed by atoms with van der Waals surface area (Å²) in [4.78, 5) is 28.5. The minimum Gasteiger partial charge on any atom is -0.396 e. The van der Waals surface area contributed by atoms with Crippen molar-refractivity contribution >= 4 is 46.6 Å². The summed E-state index contributed by atoms with van der Waals surface area (Å²) in [6.07, 6.45) is -3.60. The van der Waals surface area contributed by atoms with Crippen LogP contribution in [-0.2, 0) is 11.2 Å². The van der Waals surface area contributed by atoms with Gasteiger partial charge in [-0.05, 0) is 87.1 Å². The Morgan fingerprint density at radius 1 is 0.955 bits per heavy atom. The highest BCUT2D eigenvalue weighted by Gasteiger charge is 2.39. The quantitative estimate of drug-likeness (QED) is 0.195. The van der Waals surface area contributed by atoms with E-state index in [0.717, 1.165) is 11.4 Å². The summed E-state index contributed by atoms with van der Waals surface area (Å²) in [5.74, 6) is -0.777. The summed E-state index contributed by atoms with van der Waals surface area (Å²) in [7, 11) is 0. The van der Waals surface area contributed by atoms with E-state index in [1.54, 1.807) is 41.3 Å². The number of halogens is 6. The zero-order valence-corrected chi connectivity index (χ0v) is 26.2. The summed E-state index contributed by atoms with van der Waals surface area (Å²) in [6.45, 7) is 0.240. The number of hydrogen-bond donors (Lipinski definition) is 3. The van der Waals surface area contributed by atoms with E-state index in [4.69, 9.17) is 40.5 Å². The third-order valence-electron chi connectivity index (χ3n) is 7.76. The maximum Gasteiger partial charge on any atom is 0.389 e. The van der Waals surface area contributed by atoms with E-state index >= 15 is 0 Å². The van der Waals surface area contributed by atoms with Crippen molar-refractivity contribution in [1.82, 2.24) is 14.8 Å². The van der Waals surface area contributed by atoms with Crippen molar-refractivity contribution in [2.45, 2.75) is 56.7 Å². The Balaban J connectivity index is 1.63. The number of nitrogens with zero attached hydrogens (tertiary/aromatic N) is 2. The Morgan fingerprint density at radius 3 is 2.23 bits per heavy atom. The third kappa shape index (κ3) is 8.28. The van der Waals surface area contributed by atoms with Crippen LogP contribution in [0.1, 0.15) is 54.6 Å². The molecule has 4 N–H and O–H groups in total. The van der Waals surface area contributed by atoms with Gasteiger partial charge in [0.15, 0.2) is 0 Å². The SMILES string of the molecule is NC1(C(=O)NCCCC(F)(F)F)CCN(C(=O)c2cc(-c3ccc(Cl)cc3Cl)n(-c3ccc(Cl)cc3)c2CCCCO)CC1. The number of hydrogen-bond acceptors (Lipinski definition) is 4. The molecule has 44 heavy (non-hydrogen) atoms. The molecular formula is C31H34Cl3F3N4O3. The molecule has 2 heterocycles. The van der Waals surface area contributed by atoms with E-state index < -0.39 is 24.0 Å². The first-order valence-corrected chi connectivity index (χ1v) is 15.5. The summed E-state index contributed by atoms with van der Waals surface area (Å²) in [5.41, 5.74) is 8.33. The smallest absolute Gasteiger partial charge is 0.389 e. The molecule has 0 unspecified atom stereocenters. The molecule has 1 aromatic heterocycles. The number of amides is 2. The van der Waals surface area contributed by atoms with Gasteiger partial charge >= 0.3 is 6.18 Å². The molecule has 1 aliphatic heterocycles. The van der Waals surface area contributed by atoms with Crippen LogP contribution in [0.15, 0.2) is 48.5 Å². The molecular weight excluding hydrogens is 640 g/mol. The first-order valence-electron chi connectivity index (χ1n) is 14.3. The van der Waals surface area contributed by atoms with Gasteiger partial charge in [0.05, 0.1) is 21.8 Å². The van der Waals surface area contributed by atoms with Gasteiger partial charge < -0.3 is 25.6 Å². The number of carbonyl (C=O) groups is 2. The highest BCUT2D eigenvalue weighted by molar-refractivity contribution is 6.36. The molecule has 2 aromatic carbocycles. The minimum absolute atomic E-state index is 0.00375. The van der Waals surface area contributed by atoms with E-state index in [9.17, 15) is 27.9 Å². The molecule has 238 valence electrons. The van der Waals surface area contributed by atoms with Crippen LogP contribution in [0.4, 0.5) is 13.2 Å². The predicted molar refractivity (Wildman–Crippen MR) is 167 cm³/mol. The lowest BCUT2D eigenvalue weighted by molar-refractivity contribution is -0.137. The Morgan fingerprint density at radius 2 is 1.61 bits per heavy atom. The lowest BCUT2D eigenvalue weighted by Crippen LogP contribution is -2.60. The number of benzene rings is 2. The molecule has 0 saturated carbocycles. The molecule has 13 heteroatoms. The van der Waals surface area contributed by atoms with Gasteiger partial charge in [-0.25, -0.2) is 0 Å². The van der Waals surface area contributed by atoms with Crippen molar-refractivity contribution < 1.29 is 27.9 Å². The topological polar surface area (TPSA) is 101 Å². The third-order valence-corrected chi connectivity index (χ3v) is 8.56. The van der Waals surface area contributed by atoms with Gasteiger partial charge in [0.1, 0.15) is 0 Å². The van der Waals surface area contributed by atoms with Gasteiger partial charge in [-0.3, -0.25) is 9.59 Å². The average Bonchev–Trinajstić information content (AvgIpc) is 3.34. The van der Waals surface area contributed by atoms with Crippen LogP contribution in [0.3, 0.4) is 0 Å². The molecule has 1 fully saturated rings. The van der Waals surface area contributed by atoms with Gasteiger partial charge in [0, 0.05) is 59.7 Å². The van der Waals surface area contributed by atoms with E-state index in [-0.39, 0.29) is 51.4 Å². The van der Waals surface area contributed by atoms with Crippen LogP contribution >= 0.6 is 34.8 Å². The fourth-order valence-corrected chi connectivity index (χ4v) is 5.97. The number of nitrogens with two attached hydrogens (primary N) is 1. The number of nitrogens with one attached hydrogen (secondary N) is 1. The molecule has 0 radical (unpaired) electrons. The number of unbranched alkanes of at least 4 members (excludes halogenated alkanes) is 1. The highest BCUT2D eigenvalue weighted by atomic mass is 35.5. The fourth-order valence-electron chi connectivity index (χ4n) is 5.34. The lowest BCUT2D eigenvalue weighted by atomic mass is 9.87. The van der Waals surface area contributed by atoms with E-state index in [0.29, 0.717) is 51.2 Å². The number of rotatable bonds is 11. The van der Waals surface area contributed by atoms with Gasteiger partial charge in [-0.2, -0.15) is 13.2 Å². The van der Waals surface area contributed by atoms with Crippen LogP contribution < -0.4 is 11.1 Å². The molecule has 3 aromatic rings. The molecule has 0 bridgehead atoms. The molecule has 1 saturated heterocycles. The number of likely N-dealkylation sites (tertiary alicyclic amines) is 1. The fraction of sp³-hybridized carbons (Fsp3) is 0.419. The normalized spacial score (nSPS) is 15.0. The summed E-state index contributed by atoms with van der Waals surface area (Å²) >= 11 is 19.0. The lowest BCUT2D eigenvalue weighted by Gasteiger charge is -2.38. The van der Waals surface area contributed by atoms with Crippen LogP contribution in [0, 0.1) is 0 Å². The average molecular weight is 674 g/mol. The summed E-state index contributed by atoms with van der Waals surface area (Å²) in [6, 6.07) is 14.1. The monoisotopic (exact) mass is 672 g/mol. The maximum absolute atomic E-state index is 14.1. The van der Waals surface area contributed by atoms with Crippen molar-refractivity contribution in [2.75, 3.05) is 26.2 Å². The van der Waals surface area contributed by atoms with E-state index in [2.05, 4.69) is 5.32 Å². The zero-order chi connectivity index (χ0) is 32.1. The molecule has 1 aliphatic rings. The number of aliphatic hydroxyl groups excluding tert-OH is 1. The Kier molecular flexibility index (Phi) is 11.3. The first-order chi connectivity index (χ1) is 20.8. The second-order valence-electron chi connectivity index (χ2n) is 10.9. The zero-order valence-electron chi connectivity index (χ0n) is 23.9. The van der Waals surface area contributed by atoms with Crippen molar-refractivity contribution in [3.8, 4) is 16.9 Å². The van der Waals surface area contributed by atoms with Gasteiger partial charge in [0.25, 0.3) is 5.91 Å². The molecule has 4 rings (SSSR count). The van der Waals surface area contributed by atoms with Crippen molar-refractivity contribution in [3.63, 3.8) is 0 Å². The van der Waals surface area contributed by atoms with Gasteiger partial charge in [-0.15, -0.1) is 0 Å². The standard InChI is InChI=1S/C31H34Cl3F3N4O3/c32-20-5-8-22(9-6-20)41-26(4-1-2-17-42)24(19-27(41)23-10-7-21(33)18-25(23)34)28(43)40-15-12-30(38,13-16-40)29(44)39-14-3-11-31(35,36)37/h5-10,18-19,42H,1-4,11-17,38H2,(H,39,44). The number of aliphatic hydroxyl groups is 1. The van der Waals surface area contributed by atoms with Gasteiger partial charge in [-0.1, -0.05) is 34.8 Å². The number of carbonyl (C=O) groups excluding carboxylic acids is 2. The van der Waals surface area contributed by atoms with Crippen LogP contribution in [0.5, 0.6) is 0 Å². The number of aromatic nitrogens is 1. The Hall–Kier alpha value is -2.76. The second-order valence-corrected chi connectivity index (χ2v) is 12.2. The second kappa shape index (κ2) is 14.6. The van der Waals surface area contributed by atoms with Crippen LogP contribution in [0.25, 0.3) is 16.9 Å². The van der Waals surface area contributed by atoms with Crippen LogP contribution in [0.2, 0.25) is 15.1 Å². The number of piperidine rings is 1. The molecule has 0 spiro atoms. The van der Waals surface area contributed by atoms with Crippen molar-refractivity contribution in [3.05, 3.63) is 74.9 Å². The highest BCUT2D eigenvalue weighted by Crippen LogP contribution is 2.37. The Labute approximate surface area is 269 Å². The van der Waals surface area contributed by atoms with Crippen LogP contribution in [-0.4, -0.2) is 64.3 Å². The summed E-state index contributed by atoms with van der Waals surface area (Å²) in [5, 5.41) is 13.4. The van der Waals surface area contributed by atoms with Crippen molar-refractivity contribution in [1.29, 1.82) is 0 Å². The van der Waals surface area contributed by atoms with Crippen molar-refractivity contribution in [2.24, 2.45) is 5.73 Å². The molecule has 0 aliphatic carbocycles. The van der Waals surface area contributed by atoms with E-state index in [1.807, 2.05) is 16.7 Å². The first kappa shape index (κ1) is 34.1. The Bertz CT molecular complexity index is 1470.